The maximum atomic E-state index is 14.8. The van der Waals surface area contributed by atoms with Crippen LogP contribution in [0.5, 0.6) is 0 Å². The Balaban J connectivity index is 1.62. The summed E-state index contributed by atoms with van der Waals surface area (Å²) in [4.78, 5) is 6.19. The number of halogens is 3. The number of benzene rings is 2. The van der Waals surface area contributed by atoms with Crippen LogP contribution >= 0.6 is 28.1 Å². The molecule has 4 nitrogen and oxygen atoms in total. The van der Waals surface area contributed by atoms with E-state index < -0.39 is 11.9 Å². The monoisotopic (exact) mass is 511 g/mol. The first-order valence-corrected chi connectivity index (χ1v) is 11.0. The van der Waals surface area contributed by atoms with Gasteiger partial charge in [-0.2, -0.15) is 0 Å². The van der Waals surface area contributed by atoms with Crippen molar-refractivity contribution in [3.63, 3.8) is 0 Å². The molecular weight excluding hydrogens is 496 g/mol. The van der Waals surface area contributed by atoms with Gasteiger partial charge in [-0.15, -0.1) is 0 Å². The number of nitrogens with zero attached hydrogens (tertiary/aromatic N) is 2. The summed E-state index contributed by atoms with van der Waals surface area (Å²) >= 11 is 8.99. The fourth-order valence-corrected chi connectivity index (χ4v) is 4.78. The molecule has 1 fully saturated rings. The Kier molecular flexibility index (Phi) is 5.48. The molecule has 1 saturated heterocycles. The summed E-state index contributed by atoms with van der Waals surface area (Å²) in [5.74, 6) is 0.385. The first-order chi connectivity index (χ1) is 15.5. The lowest BCUT2D eigenvalue weighted by molar-refractivity contribution is 0.437. The van der Waals surface area contributed by atoms with E-state index in [4.69, 9.17) is 16.6 Å². The topological polar surface area (TPSA) is 41.3 Å². The number of hydrogen-bond donors (Lipinski definition) is 1. The van der Waals surface area contributed by atoms with E-state index in [1.807, 2.05) is 30.3 Å². The smallest absolute Gasteiger partial charge is 0.174 e. The number of pyridine rings is 1. The normalized spacial score (nSPS) is 18.1. The molecule has 0 aliphatic carbocycles. The molecule has 5 rings (SSSR count). The van der Waals surface area contributed by atoms with Crippen LogP contribution in [0.15, 0.2) is 87.9 Å². The molecule has 3 heterocycles. The molecular formula is C24H16BrF2N3OS. The van der Waals surface area contributed by atoms with Crippen LogP contribution in [0.25, 0.3) is 11.3 Å². The van der Waals surface area contributed by atoms with E-state index in [-0.39, 0.29) is 11.9 Å². The van der Waals surface area contributed by atoms with Crippen LogP contribution in [0, 0.1) is 11.6 Å². The molecule has 0 bridgehead atoms. The van der Waals surface area contributed by atoms with Crippen LogP contribution in [0.3, 0.4) is 0 Å². The maximum absolute atomic E-state index is 14.8. The van der Waals surface area contributed by atoms with Gasteiger partial charge in [0.15, 0.2) is 5.11 Å². The highest BCUT2D eigenvalue weighted by Gasteiger charge is 2.43. The second-order valence-electron chi connectivity index (χ2n) is 7.27. The summed E-state index contributed by atoms with van der Waals surface area (Å²) < 4.78 is 35.1. The fourth-order valence-electron chi connectivity index (χ4n) is 3.90. The summed E-state index contributed by atoms with van der Waals surface area (Å²) in [6.45, 7) is 0. The van der Waals surface area contributed by atoms with Crippen LogP contribution in [0.1, 0.15) is 23.5 Å². The van der Waals surface area contributed by atoms with E-state index in [1.165, 1.54) is 18.2 Å². The molecule has 1 N–H and O–H groups in total. The third-order valence-electron chi connectivity index (χ3n) is 5.32. The number of aromatic nitrogens is 1. The predicted molar refractivity (Wildman–Crippen MR) is 126 cm³/mol. The zero-order chi connectivity index (χ0) is 22.2. The maximum Gasteiger partial charge on any atom is 0.174 e. The SMILES string of the molecule is Fc1ccc(-c2ccc(C3C(c4ccccn4)NC(=S)N3c3ccccc3F)o2)c(Br)c1. The lowest BCUT2D eigenvalue weighted by Gasteiger charge is -2.26. The molecule has 2 unspecified atom stereocenters. The third kappa shape index (κ3) is 3.69. The van der Waals surface area contributed by atoms with Crippen molar-refractivity contribution >= 4 is 38.9 Å². The molecule has 0 amide bonds. The molecule has 32 heavy (non-hydrogen) atoms. The number of para-hydroxylation sites is 1. The van der Waals surface area contributed by atoms with Gasteiger partial charge >= 0.3 is 0 Å². The van der Waals surface area contributed by atoms with E-state index in [9.17, 15) is 8.78 Å². The largest absolute Gasteiger partial charge is 0.459 e. The summed E-state index contributed by atoms with van der Waals surface area (Å²) in [5.41, 5.74) is 1.80. The molecule has 160 valence electrons. The van der Waals surface area contributed by atoms with Crippen molar-refractivity contribution in [3.05, 3.63) is 107 Å². The van der Waals surface area contributed by atoms with Gasteiger partial charge in [-0.25, -0.2) is 8.78 Å². The number of nitrogens with one attached hydrogen (secondary N) is 1. The van der Waals surface area contributed by atoms with Gasteiger partial charge in [0.05, 0.1) is 17.4 Å². The second-order valence-corrected chi connectivity index (χ2v) is 8.52. The Morgan fingerprint density at radius 3 is 2.56 bits per heavy atom. The van der Waals surface area contributed by atoms with Gasteiger partial charge in [-0.3, -0.25) is 4.98 Å². The molecule has 0 spiro atoms. The van der Waals surface area contributed by atoms with Gasteiger partial charge in [0.25, 0.3) is 0 Å². The number of hydrogen-bond acceptors (Lipinski definition) is 3. The van der Waals surface area contributed by atoms with Gasteiger partial charge in [0, 0.05) is 16.2 Å². The molecule has 2 aromatic heterocycles. The minimum absolute atomic E-state index is 0.342. The van der Waals surface area contributed by atoms with E-state index in [2.05, 4.69) is 26.2 Å². The van der Waals surface area contributed by atoms with Crippen molar-refractivity contribution in [1.82, 2.24) is 10.3 Å². The van der Waals surface area contributed by atoms with E-state index in [0.717, 1.165) is 5.69 Å². The highest BCUT2D eigenvalue weighted by molar-refractivity contribution is 9.10. The minimum Gasteiger partial charge on any atom is -0.459 e. The lowest BCUT2D eigenvalue weighted by atomic mass is 10.0. The molecule has 8 heteroatoms. The third-order valence-corrected chi connectivity index (χ3v) is 6.30. The number of furan rings is 1. The summed E-state index contributed by atoms with van der Waals surface area (Å²) in [6.07, 6.45) is 1.70. The molecule has 1 aliphatic heterocycles. The fraction of sp³-hybridized carbons (Fsp3) is 0.0833. The van der Waals surface area contributed by atoms with Crippen LogP contribution in [-0.4, -0.2) is 10.1 Å². The van der Waals surface area contributed by atoms with Gasteiger partial charge in [-0.05, 0) is 82.7 Å². The van der Waals surface area contributed by atoms with Crippen molar-refractivity contribution in [1.29, 1.82) is 0 Å². The van der Waals surface area contributed by atoms with Crippen LogP contribution in [0.4, 0.5) is 14.5 Å². The van der Waals surface area contributed by atoms with Gasteiger partial charge < -0.3 is 14.6 Å². The number of thiocarbonyl (C=S) groups is 1. The lowest BCUT2D eigenvalue weighted by Crippen LogP contribution is -2.30. The molecule has 4 aromatic rings. The quantitative estimate of drug-likeness (QED) is 0.314. The van der Waals surface area contributed by atoms with Gasteiger partial charge in [-0.1, -0.05) is 18.2 Å². The first-order valence-electron chi connectivity index (χ1n) is 9.83. The average Bonchev–Trinajstić information content (AvgIpc) is 3.39. The molecule has 0 radical (unpaired) electrons. The Labute approximate surface area is 197 Å². The Hall–Kier alpha value is -3.10. The number of anilines is 1. The molecule has 2 aromatic carbocycles. The van der Waals surface area contributed by atoms with Crippen LogP contribution in [0.2, 0.25) is 0 Å². The predicted octanol–water partition coefficient (Wildman–Crippen LogP) is 6.56. The van der Waals surface area contributed by atoms with Crippen molar-refractivity contribution < 1.29 is 13.2 Å². The van der Waals surface area contributed by atoms with Crippen LogP contribution in [-0.2, 0) is 0 Å². The Morgan fingerprint density at radius 2 is 1.81 bits per heavy atom. The van der Waals surface area contributed by atoms with Crippen LogP contribution < -0.4 is 10.2 Å². The summed E-state index contributed by atoms with van der Waals surface area (Å²) in [6, 6.07) is 19.3. The van der Waals surface area contributed by atoms with Gasteiger partial charge in [0.2, 0.25) is 0 Å². The van der Waals surface area contributed by atoms with Crippen molar-refractivity contribution in [2.75, 3.05) is 4.90 Å². The average molecular weight is 512 g/mol. The minimum atomic E-state index is -0.484. The van der Waals surface area contributed by atoms with E-state index in [1.54, 1.807) is 35.4 Å². The molecule has 0 saturated carbocycles. The Bertz CT molecular complexity index is 1300. The highest BCUT2D eigenvalue weighted by Crippen LogP contribution is 2.44. The van der Waals surface area contributed by atoms with Crippen molar-refractivity contribution in [2.24, 2.45) is 0 Å². The first kappa shape index (κ1) is 20.8. The van der Waals surface area contributed by atoms with Gasteiger partial charge in [0.1, 0.15) is 29.2 Å². The van der Waals surface area contributed by atoms with E-state index >= 15 is 0 Å². The highest BCUT2D eigenvalue weighted by atomic mass is 79.9. The second kappa shape index (κ2) is 8.44. The Morgan fingerprint density at radius 1 is 1.00 bits per heavy atom. The zero-order valence-corrected chi connectivity index (χ0v) is 18.9. The van der Waals surface area contributed by atoms with E-state index in [0.29, 0.717) is 32.4 Å². The standard InChI is InChI=1S/C24H16BrF2N3OS/c25-16-13-14(26)8-9-15(16)20-10-11-21(31-20)23-22(18-6-3-4-12-28-18)29-24(32)30(23)19-7-2-1-5-17(19)27/h1-13,22-23H,(H,29,32). The zero-order valence-electron chi connectivity index (χ0n) is 16.5. The summed E-state index contributed by atoms with van der Waals surface area (Å²) in [5, 5.41) is 3.64. The molecule has 2 atom stereocenters. The number of rotatable bonds is 4. The molecule has 1 aliphatic rings. The van der Waals surface area contributed by atoms with Crippen molar-refractivity contribution in [2.45, 2.75) is 12.1 Å². The summed E-state index contributed by atoms with van der Waals surface area (Å²) in [7, 11) is 0. The van der Waals surface area contributed by atoms with Crippen molar-refractivity contribution in [3.8, 4) is 11.3 Å².